The van der Waals surface area contributed by atoms with Crippen LogP contribution in [-0.2, 0) is 4.79 Å². The molecule has 1 saturated heterocycles. The molecule has 4 rings (SSSR count). The summed E-state index contributed by atoms with van der Waals surface area (Å²) in [7, 11) is 0. The van der Waals surface area contributed by atoms with Crippen LogP contribution < -0.4 is 5.32 Å². The predicted molar refractivity (Wildman–Crippen MR) is 91.7 cm³/mol. The van der Waals surface area contributed by atoms with Crippen molar-refractivity contribution in [2.75, 3.05) is 25.0 Å². The highest BCUT2D eigenvalue weighted by Crippen LogP contribution is 2.27. The minimum absolute atomic E-state index is 0.0918. The second kappa shape index (κ2) is 7.01. The number of aromatic nitrogens is 3. The fourth-order valence-corrected chi connectivity index (χ4v) is 2.82. The largest absolute Gasteiger partial charge is 0.339 e. The number of amides is 1. The Kier molecular flexibility index (Phi) is 4.40. The van der Waals surface area contributed by atoms with Crippen molar-refractivity contribution in [2.45, 2.75) is 5.92 Å². The van der Waals surface area contributed by atoms with E-state index >= 15 is 0 Å². The van der Waals surface area contributed by atoms with Crippen LogP contribution in [-0.4, -0.2) is 45.6 Å². The average molecular weight is 353 g/mol. The van der Waals surface area contributed by atoms with E-state index in [1.165, 1.54) is 12.1 Å². The van der Waals surface area contributed by atoms with E-state index in [9.17, 15) is 9.18 Å². The second-order valence-electron chi connectivity index (χ2n) is 6.12. The van der Waals surface area contributed by atoms with Crippen LogP contribution in [0.15, 0.2) is 53.3 Å². The van der Waals surface area contributed by atoms with Crippen molar-refractivity contribution in [2.24, 2.45) is 0 Å². The predicted octanol–water partition coefficient (Wildman–Crippen LogP) is 2.31. The molecule has 1 amide bonds. The fraction of sp³-hybridized carbons (Fsp3) is 0.222. The molecule has 0 atom stereocenters. The van der Waals surface area contributed by atoms with Crippen molar-refractivity contribution < 1.29 is 13.7 Å². The number of pyridine rings is 1. The Morgan fingerprint density at radius 1 is 1.27 bits per heavy atom. The van der Waals surface area contributed by atoms with Gasteiger partial charge < -0.3 is 9.84 Å². The zero-order chi connectivity index (χ0) is 17.9. The van der Waals surface area contributed by atoms with Gasteiger partial charge in [0.25, 0.3) is 0 Å². The van der Waals surface area contributed by atoms with Gasteiger partial charge in [0.15, 0.2) is 0 Å². The van der Waals surface area contributed by atoms with E-state index in [1.54, 1.807) is 24.5 Å². The maximum atomic E-state index is 13.5. The van der Waals surface area contributed by atoms with Gasteiger partial charge >= 0.3 is 0 Å². The maximum absolute atomic E-state index is 13.5. The third-order valence-electron chi connectivity index (χ3n) is 4.18. The standard InChI is InChI=1S/C18H16FN5O2/c19-14-5-1-2-6-15(14)21-16(25)11-24-9-13(10-24)18-22-17(23-26-18)12-4-3-7-20-8-12/h1-8,13H,9-11H2,(H,21,25). The summed E-state index contributed by atoms with van der Waals surface area (Å²) in [5, 5.41) is 6.55. The number of nitrogens with one attached hydrogen (secondary N) is 1. The zero-order valence-corrected chi connectivity index (χ0v) is 13.8. The topological polar surface area (TPSA) is 84.2 Å². The summed E-state index contributed by atoms with van der Waals surface area (Å²) >= 11 is 0. The van der Waals surface area contributed by atoms with E-state index in [0.29, 0.717) is 24.8 Å². The second-order valence-corrected chi connectivity index (χ2v) is 6.12. The van der Waals surface area contributed by atoms with Crippen LogP contribution >= 0.6 is 0 Å². The van der Waals surface area contributed by atoms with Crippen LogP contribution in [0, 0.1) is 5.82 Å². The summed E-state index contributed by atoms with van der Waals surface area (Å²) in [5.41, 5.74) is 0.982. The number of rotatable bonds is 5. The highest BCUT2D eigenvalue weighted by atomic mass is 19.1. The van der Waals surface area contributed by atoms with Gasteiger partial charge in [-0.2, -0.15) is 4.98 Å². The third kappa shape index (κ3) is 3.45. The van der Waals surface area contributed by atoms with Crippen LogP contribution in [0.1, 0.15) is 11.8 Å². The van der Waals surface area contributed by atoms with E-state index in [1.807, 2.05) is 17.0 Å². The molecule has 3 aromatic rings. The lowest BCUT2D eigenvalue weighted by Crippen LogP contribution is -2.48. The molecule has 132 valence electrons. The summed E-state index contributed by atoms with van der Waals surface area (Å²) in [6.45, 7) is 1.47. The van der Waals surface area contributed by atoms with Crippen LogP contribution in [0.3, 0.4) is 0 Å². The van der Waals surface area contributed by atoms with Crippen LogP contribution in [0.4, 0.5) is 10.1 Å². The first-order valence-corrected chi connectivity index (χ1v) is 8.20. The van der Waals surface area contributed by atoms with E-state index in [-0.39, 0.29) is 24.1 Å². The van der Waals surface area contributed by atoms with E-state index in [4.69, 9.17) is 4.52 Å². The molecule has 2 aromatic heterocycles. The molecule has 1 aliphatic rings. The quantitative estimate of drug-likeness (QED) is 0.758. The van der Waals surface area contributed by atoms with Crippen molar-refractivity contribution in [3.05, 3.63) is 60.5 Å². The highest BCUT2D eigenvalue weighted by molar-refractivity contribution is 5.92. The normalized spacial score (nSPS) is 14.8. The number of para-hydroxylation sites is 1. The number of likely N-dealkylation sites (tertiary alicyclic amines) is 1. The van der Waals surface area contributed by atoms with Crippen molar-refractivity contribution in [1.82, 2.24) is 20.0 Å². The van der Waals surface area contributed by atoms with Crippen LogP contribution in [0.25, 0.3) is 11.4 Å². The Hall–Kier alpha value is -3.13. The van der Waals surface area contributed by atoms with E-state index < -0.39 is 5.82 Å². The number of nitrogens with zero attached hydrogens (tertiary/aromatic N) is 4. The number of halogens is 1. The summed E-state index contributed by atoms with van der Waals surface area (Å²) in [5.74, 6) is 0.443. The van der Waals surface area contributed by atoms with Crippen molar-refractivity contribution >= 4 is 11.6 Å². The Balaban J connectivity index is 1.30. The Bertz CT molecular complexity index is 909. The molecule has 0 bridgehead atoms. The molecule has 0 aliphatic carbocycles. The summed E-state index contributed by atoms with van der Waals surface area (Å²) in [4.78, 5) is 22.4. The van der Waals surface area contributed by atoms with Crippen molar-refractivity contribution in [3.8, 4) is 11.4 Å². The zero-order valence-electron chi connectivity index (χ0n) is 13.8. The molecule has 7 nitrogen and oxygen atoms in total. The monoisotopic (exact) mass is 353 g/mol. The molecule has 3 heterocycles. The fourth-order valence-electron chi connectivity index (χ4n) is 2.82. The number of carbonyl (C=O) groups is 1. The number of hydrogen-bond donors (Lipinski definition) is 1. The van der Waals surface area contributed by atoms with E-state index in [0.717, 1.165) is 5.56 Å². The molecular formula is C18H16FN5O2. The minimum atomic E-state index is -0.448. The summed E-state index contributed by atoms with van der Waals surface area (Å²) in [6.07, 6.45) is 3.36. The number of anilines is 1. The van der Waals surface area contributed by atoms with Crippen LogP contribution in [0.5, 0.6) is 0 Å². The molecular weight excluding hydrogens is 337 g/mol. The Morgan fingerprint density at radius 3 is 2.88 bits per heavy atom. The lowest BCUT2D eigenvalue weighted by molar-refractivity contribution is -0.118. The first-order valence-electron chi connectivity index (χ1n) is 8.20. The van der Waals surface area contributed by atoms with Gasteiger partial charge in [-0.25, -0.2) is 4.39 Å². The van der Waals surface area contributed by atoms with Crippen molar-refractivity contribution in [3.63, 3.8) is 0 Å². The van der Waals surface area contributed by atoms with Gasteiger partial charge in [0.2, 0.25) is 17.6 Å². The third-order valence-corrected chi connectivity index (χ3v) is 4.18. The molecule has 8 heteroatoms. The minimum Gasteiger partial charge on any atom is -0.339 e. The van der Waals surface area contributed by atoms with Gasteiger partial charge in [-0.05, 0) is 24.3 Å². The molecule has 1 aliphatic heterocycles. The Labute approximate surface area is 148 Å². The molecule has 0 spiro atoms. The molecule has 0 saturated carbocycles. The van der Waals surface area contributed by atoms with Gasteiger partial charge in [0.1, 0.15) is 5.82 Å². The van der Waals surface area contributed by atoms with Gasteiger partial charge in [0, 0.05) is 31.0 Å². The lowest BCUT2D eigenvalue weighted by atomic mass is 10.0. The van der Waals surface area contributed by atoms with Gasteiger partial charge in [0.05, 0.1) is 18.2 Å². The highest BCUT2D eigenvalue weighted by Gasteiger charge is 2.33. The average Bonchev–Trinajstić information content (AvgIpc) is 3.10. The summed E-state index contributed by atoms with van der Waals surface area (Å²) in [6, 6.07) is 9.77. The van der Waals surface area contributed by atoms with Crippen molar-refractivity contribution in [1.29, 1.82) is 0 Å². The molecule has 1 aromatic carbocycles. The molecule has 0 radical (unpaired) electrons. The molecule has 1 fully saturated rings. The SMILES string of the molecule is O=C(CN1CC(c2nc(-c3cccnc3)no2)C1)Nc1ccccc1F. The van der Waals surface area contributed by atoms with Gasteiger partial charge in [-0.1, -0.05) is 17.3 Å². The number of benzene rings is 1. The van der Waals surface area contributed by atoms with E-state index in [2.05, 4.69) is 20.4 Å². The van der Waals surface area contributed by atoms with Crippen LogP contribution in [0.2, 0.25) is 0 Å². The smallest absolute Gasteiger partial charge is 0.238 e. The first kappa shape index (κ1) is 16.3. The molecule has 26 heavy (non-hydrogen) atoms. The maximum Gasteiger partial charge on any atom is 0.238 e. The number of hydrogen-bond acceptors (Lipinski definition) is 6. The van der Waals surface area contributed by atoms with Gasteiger partial charge in [-0.3, -0.25) is 14.7 Å². The lowest BCUT2D eigenvalue weighted by Gasteiger charge is -2.36. The van der Waals surface area contributed by atoms with Gasteiger partial charge in [-0.15, -0.1) is 0 Å². The Morgan fingerprint density at radius 2 is 2.12 bits per heavy atom. The number of carbonyl (C=O) groups excluding carboxylic acids is 1. The molecule has 1 N–H and O–H groups in total. The first-order chi connectivity index (χ1) is 12.7. The molecule has 0 unspecified atom stereocenters. The summed E-state index contributed by atoms with van der Waals surface area (Å²) < 4.78 is 18.9.